The van der Waals surface area contributed by atoms with Gasteiger partial charge in [0.05, 0.1) is 7.11 Å². The van der Waals surface area contributed by atoms with Crippen LogP contribution in [0.5, 0.6) is 5.75 Å². The van der Waals surface area contributed by atoms with E-state index in [1.807, 2.05) is 19.9 Å². The maximum absolute atomic E-state index is 11.1. The molecule has 0 fully saturated rings. The highest BCUT2D eigenvalue weighted by Crippen LogP contribution is 2.26. The number of aryl methyl sites for hydroxylation is 1. The van der Waals surface area contributed by atoms with Gasteiger partial charge in [0, 0.05) is 11.1 Å². The Morgan fingerprint density at radius 3 is 2.46 bits per heavy atom. The zero-order valence-corrected chi connectivity index (χ0v) is 8.81. The van der Waals surface area contributed by atoms with Gasteiger partial charge in [-0.3, -0.25) is 4.79 Å². The predicted molar refractivity (Wildman–Crippen MR) is 55.8 cm³/mol. The summed E-state index contributed by atoms with van der Waals surface area (Å²) in [5.74, 6) is 0.764. The normalized spacial score (nSPS) is 9.85. The van der Waals surface area contributed by atoms with Gasteiger partial charge in [-0.1, -0.05) is 6.07 Å². The van der Waals surface area contributed by atoms with Crippen LogP contribution in [0.2, 0.25) is 0 Å². The molecular formula is C10H12O2S. The number of hydrogen-bond acceptors (Lipinski definition) is 2. The fourth-order valence-corrected chi connectivity index (χ4v) is 1.62. The first-order valence-electron chi connectivity index (χ1n) is 3.95. The first kappa shape index (κ1) is 10.1. The van der Waals surface area contributed by atoms with Crippen LogP contribution in [0.3, 0.4) is 0 Å². The van der Waals surface area contributed by atoms with Crippen molar-refractivity contribution in [2.45, 2.75) is 13.8 Å². The molecule has 13 heavy (non-hydrogen) atoms. The van der Waals surface area contributed by atoms with Crippen molar-refractivity contribution in [1.29, 1.82) is 0 Å². The molecule has 3 heteroatoms. The Bertz CT molecular complexity index is 345. The van der Waals surface area contributed by atoms with Crippen LogP contribution < -0.4 is 4.74 Å². The Kier molecular flexibility index (Phi) is 2.98. The largest absolute Gasteiger partial charge is 0.496 e. The van der Waals surface area contributed by atoms with Crippen molar-refractivity contribution in [3.63, 3.8) is 0 Å². The molecule has 70 valence electrons. The van der Waals surface area contributed by atoms with Crippen LogP contribution >= 0.6 is 12.6 Å². The van der Waals surface area contributed by atoms with Crippen molar-refractivity contribution in [2.24, 2.45) is 0 Å². The van der Waals surface area contributed by atoms with Crippen LogP contribution in [0.15, 0.2) is 12.1 Å². The molecule has 0 aromatic heterocycles. The Hall–Kier alpha value is -0.960. The minimum Gasteiger partial charge on any atom is -0.496 e. The van der Waals surface area contributed by atoms with Crippen LogP contribution in [0, 0.1) is 13.8 Å². The molecule has 0 amide bonds. The van der Waals surface area contributed by atoms with Gasteiger partial charge < -0.3 is 4.74 Å². The van der Waals surface area contributed by atoms with E-state index in [-0.39, 0.29) is 5.12 Å². The Balaban J connectivity index is 3.35. The van der Waals surface area contributed by atoms with Crippen molar-refractivity contribution in [2.75, 3.05) is 7.11 Å². The zero-order valence-electron chi connectivity index (χ0n) is 7.92. The summed E-state index contributed by atoms with van der Waals surface area (Å²) < 4.78 is 5.18. The molecule has 0 heterocycles. The Labute approximate surface area is 83.3 Å². The molecule has 0 aliphatic carbocycles. The average Bonchev–Trinajstić information content (AvgIpc) is 2.04. The van der Waals surface area contributed by atoms with Crippen LogP contribution in [0.4, 0.5) is 0 Å². The first-order chi connectivity index (χ1) is 6.07. The molecule has 0 bridgehead atoms. The molecule has 0 saturated carbocycles. The molecule has 0 radical (unpaired) electrons. The number of ether oxygens (including phenoxy) is 1. The third-order valence-electron chi connectivity index (χ3n) is 2.04. The summed E-state index contributed by atoms with van der Waals surface area (Å²) in [5, 5.41) is -0.226. The van der Waals surface area contributed by atoms with E-state index >= 15 is 0 Å². The summed E-state index contributed by atoms with van der Waals surface area (Å²) in [6, 6.07) is 3.62. The second-order valence-electron chi connectivity index (χ2n) is 2.89. The molecular weight excluding hydrogens is 184 g/mol. The van der Waals surface area contributed by atoms with E-state index in [0.29, 0.717) is 5.56 Å². The third kappa shape index (κ3) is 1.86. The number of carbonyl (C=O) groups excluding carboxylic acids is 1. The summed E-state index contributed by atoms with van der Waals surface area (Å²) in [6.07, 6.45) is 0. The lowest BCUT2D eigenvalue weighted by Crippen LogP contribution is -1.98. The van der Waals surface area contributed by atoms with Gasteiger partial charge in [-0.05, 0) is 25.5 Å². The van der Waals surface area contributed by atoms with Crippen molar-refractivity contribution in [1.82, 2.24) is 0 Å². The maximum atomic E-state index is 11.1. The van der Waals surface area contributed by atoms with Crippen LogP contribution in [0.1, 0.15) is 21.5 Å². The van der Waals surface area contributed by atoms with Gasteiger partial charge in [-0.25, -0.2) is 0 Å². The van der Waals surface area contributed by atoms with Crippen LogP contribution in [0.25, 0.3) is 0 Å². The van der Waals surface area contributed by atoms with E-state index in [4.69, 9.17) is 4.74 Å². The van der Waals surface area contributed by atoms with Gasteiger partial charge in [0.25, 0.3) is 0 Å². The van der Waals surface area contributed by atoms with Crippen LogP contribution in [-0.2, 0) is 0 Å². The molecule has 0 spiro atoms. The van der Waals surface area contributed by atoms with Gasteiger partial charge in [0.2, 0.25) is 5.12 Å². The summed E-state index contributed by atoms with van der Waals surface area (Å²) in [5.41, 5.74) is 2.48. The quantitative estimate of drug-likeness (QED) is 0.735. The summed E-state index contributed by atoms with van der Waals surface area (Å²) in [7, 11) is 1.60. The Morgan fingerprint density at radius 2 is 2.00 bits per heavy atom. The highest BCUT2D eigenvalue weighted by molar-refractivity contribution is 7.97. The third-order valence-corrected chi connectivity index (χ3v) is 2.28. The topological polar surface area (TPSA) is 26.3 Å². The molecule has 0 unspecified atom stereocenters. The standard InChI is InChI=1S/C10H12O2S/c1-6-4-5-8(10(11)13)7(2)9(6)12-3/h4-5H,1-3H3,(H,11,13). The van der Waals surface area contributed by atoms with Crippen LogP contribution in [-0.4, -0.2) is 12.2 Å². The number of thiol groups is 1. The van der Waals surface area contributed by atoms with Gasteiger partial charge in [-0.15, -0.1) is 12.6 Å². The predicted octanol–water partition coefficient (Wildman–Crippen LogP) is 2.38. The van der Waals surface area contributed by atoms with E-state index in [9.17, 15) is 4.79 Å². The smallest absolute Gasteiger partial charge is 0.216 e. The minimum atomic E-state index is -0.226. The highest BCUT2D eigenvalue weighted by atomic mass is 32.1. The lowest BCUT2D eigenvalue weighted by molar-refractivity contribution is 0.109. The second-order valence-corrected chi connectivity index (χ2v) is 3.30. The fraction of sp³-hybridized carbons (Fsp3) is 0.300. The van der Waals surface area contributed by atoms with E-state index in [1.165, 1.54) is 0 Å². The molecule has 1 aromatic carbocycles. The first-order valence-corrected chi connectivity index (χ1v) is 4.40. The van der Waals surface area contributed by atoms with Gasteiger partial charge in [0.15, 0.2) is 0 Å². The van der Waals surface area contributed by atoms with E-state index < -0.39 is 0 Å². The number of hydrogen-bond donors (Lipinski definition) is 1. The minimum absolute atomic E-state index is 0.226. The summed E-state index contributed by atoms with van der Waals surface area (Å²) >= 11 is 3.78. The fourth-order valence-electron chi connectivity index (χ4n) is 1.37. The van der Waals surface area contributed by atoms with Gasteiger partial charge >= 0.3 is 0 Å². The molecule has 0 atom stereocenters. The van der Waals surface area contributed by atoms with E-state index in [2.05, 4.69) is 12.6 Å². The molecule has 0 aliphatic rings. The van der Waals surface area contributed by atoms with E-state index in [0.717, 1.165) is 16.9 Å². The molecule has 0 aliphatic heterocycles. The lowest BCUT2D eigenvalue weighted by Gasteiger charge is -2.10. The average molecular weight is 196 g/mol. The van der Waals surface area contributed by atoms with Gasteiger partial charge in [-0.2, -0.15) is 0 Å². The van der Waals surface area contributed by atoms with Crippen molar-refractivity contribution in [3.8, 4) is 5.75 Å². The Morgan fingerprint density at radius 1 is 1.38 bits per heavy atom. The molecule has 0 saturated heterocycles. The molecule has 1 rings (SSSR count). The molecule has 2 nitrogen and oxygen atoms in total. The second kappa shape index (κ2) is 3.83. The number of methoxy groups -OCH3 is 1. The summed E-state index contributed by atoms with van der Waals surface area (Å²) in [6.45, 7) is 3.80. The number of carbonyl (C=O) groups is 1. The monoisotopic (exact) mass is 196 g/mol. The lowest BCUT2D eigenvalue weighted by atomic mass is 10.1. The molecule has 1 aromatic rings. The summed E-state index contributed by atoms with van der Waals surface area (Å²) in [4.78, 5) is 11.1. The highest BCUT2D eigenvalue weighted by Gasteiger charge is 2.10. The van der Waals surface area contributed by atoms with Crippen molar-refractivity contribution >= 4 is 17.7 Å². The van der Waals surface area contributed by atoms with Crippen molar-refractivity contribution in [3.05, 3.63) is 28.8 Å². The SMILES string of the molecule is COc1c(C)ccc(C(=O)S)c1C. The van der Waals surface area contributed by atoms with Gasteiger partial charge in [0.1, 0.15) is 5.75 Å². The van der Waals surface area contributed by atoms with E-state index in [1.54, 1.807) is 13.2 Å². The number of benzene rings is 1. The maximum Gasteiger partial charge on any atom is 0.216 e. The number of rotatable bonds is 2. The van der Waals surface area contributed by atoms with Crippen molar-refractivity contribution < 1.29 is 9.53 Å². The zero-order chi connectivity index (χ0) is 10.0. The molecule has 0 N–H and O–H groups in total.